The second-order valence-corrected chi connectivity index (χ2v) is 7.66. The minimum atomic E-state index is -1.26. The fourth-order valence-electron chi connectivity index (χ4n) is 1.41. The van der Waals surface area contributed by atoms with Crippen LogP contribution in [0.5, 0.6) is 0 Å². The van der Waals surface area contributed by atoms with E-state index in [0.29, 0.717) is 5.02 Å². The molecular formula is C14H16ClN3OS. The Morgan fingerprint density at radius 3 is 2.55 bits per heavy atom. The molecule has 20 heavy (non-hydrogen) atoms. The summed E-state index contributed by atoms with van der Waals surface area (Å²) in [6, 6.07) is 7.37. The molecule has 0 unspecified atom stereocenters. The summed E-state index contributed by atoms with van der Waals surface area (Å²) in [5.74, 6) is 0. The zero-order valence-corrected chi connectivity index (χ0v) is 13.1. The third-order valence-electron chi connectivity index (χ3n) is 2.52. The van der Waals surface area contributed by atoms with E-state index in [4.69, 9.17) is 11.6 Å². The van der Waals surface area contributed by atoms with Crippen LogP contribution in [0, 0.1) is 0 Å². The number of hydrogen-bond donors (Lipinski definition) is 0. The van der Waals surface area contributed by atoms with Crippen LogP contribution >= 0.6 is 11.6 Å². The van der Waals surface area contributed by atoms with Crippen LogP contribution in [0.25, 0.3) is 5.69 Å². The van der Waals surface area contributed by atoms with E-state index in [2.05, 4.69) is 9.50 Å². The summed E-state index contributed by atoms with van der Waals surface area (Å²) in [5, 5.41) is 4.92. The molecule has 1 aromatic carbocycles. The van der Waals surface area contributed by atoms with Gasteiger partial charge in [-0.05, 0) is 45.0 Å². The van der Waals surface area contributed by atoms with Gasteiger partial charge in [-0.25, -0.2) is 4.68 Å². The van der Waals surface area contributed by atoms with E-state index in [-0.39, 0.29) is 4.75 Å². The monoisotopic (exact) mass is 309 g/mol. The molecule has 4 nitrogen and oxygen atoms in total. The summed E-state index contributed by atoms with van der Waals surface area (Å²) in [6.45, 7) is 5.66. The molecule has 0 aliphatic carbocycles. The van der Waals surface area contributed by atoms with Crippen LogP contribution < -0.4 is 0 Å². The molecule has 0 fully saturated rings. The van der Waals surface area contributed by atoms with Crippen molar-refractivity contribution in [1.82, 2.24) is 9.78 Å². The van der Waals surface area contributed by atoms with Gasteiger partial charge in [-0.1, -0.05) is 16.0 Å². The Morgan fingerprint density at radius 1 is 1.30 bits per heavy atom. The number of nitrogens with zero attached hydrogens (tertiary/aromatic N) is 3. The van der Waals surface area contributed by atoms with Gasteiger partial charge in [0.05, 0.1) is 18.1 Å². The lowest BCUT2D eigenvalue weighted by molar-refractivity contribution is 0.562. The Labute approximate surface area is 126 Å². The minimum Gasteiger partial charge on any atom is -0.591 e. The van der Waals surface area contributed by atoms with Gasteiger partial charge < -0.3 is 4.55 Å². The van der Waals surface area contributed by atoms with Gasteiger partial charge >= 0.3 is 0 Å². The fraction of sp³-hybridized carbons (Fsp3) is 0.286. The second kappa shape index (κ2) is 5.99. The molecule has 6 heteroatoms. The van der Waals surface area contributed by atoms with Crippen molar-refractivity contribution in [3.05, 3.63) is 47.2 Å². The first-order valence-electron chi connectivity index (χ1n) is 6.13. The van der Waals surface area contributed by atoms with E-state index in [1.807, 2.05) is 39.1 Å². The first-order chi connectivity index (χ1) is 9.36. The predicted molar refractivity (Wildman–Crippen MR) is 84.1 cm³/mol. The zero-order valence-electron chi connectivity index (χ0n) is 11.6. The number of rotatable bonds is 3. The minimum absolute atomic E-state index is 0.358. The second-order valence-electron chi connectivity index (χ2n) is 5.29. The predicted octanol–water partition coefficient (Wildman–Crippen LogP) is 3.41. The van der Waals surface area contributed by atoms with Gasteiger partial charge in [0, 0.05) is 16.8 Å². The van der Waals surface area contributed by atoms with Crippen LogP contribution in [0.15, 0.2) is 41.1 Å². The molecule has 2 rings (SSSR count). The lowest BCUT2D eigenvalue weighted by Crippen LogP contribution is -2.25. The van der Waals surface area contributed by atoms with Crippen LogP contribution in [-0.2, 0) is 11.4 Å². The van der Waals surface area contributed by atoms with E-state index in [0.717, 1.165) is 11.3 Å². The van der Waals surface area contributed by atoms with Crippen LogP contribution in [0.3, 0.4) is 0 Å². The number of halogens is 1. The summed E-state index contributed by atoms with van der Waals surface area (Å²) < 4.78 is 17.2. The van der Waals surface area contributed by atoms with E-state index in [9.17, 15) is 4.55 Å². The Bertz CT molecular complexity index is 602. The molecule has 0 aliphatic heterocycles. The van der Waals surface area contributed by atoms with Gasteiger partial charge in [-0.2, -0.15) is 5.10 Å². The lowest BCUT2D eigenvalue weighted by atomic mass is 10.3. The summed E-state index contributed by atoms with van der Waals surface area (Å²) in [6.07, 6.45) is 5.09. The van der Waals surface area contributed by atoms with Crippen molar-refractivity contribution in [2.45, 2.75) is 25.5 Å². The normalized spacial score (nSPS) is 13.8. The number of aromatic nitrogens is 2. The Hall–Kier alpha value is -1.30. The largest absolute Gasteiger partial charge is 0.591 e. The molecule has 0 saturated carbocycles. The van der Waals surface area contributed by atoms with E-state index < -0.39 is 11.4 Å². The molecule has 2 aromatic rings. The maximum absolute atomic E-state index is 11.8. The van der Waals surface area contributed by atoms with Gasteiger partial charge in [0.25, 0.3) is 0 Å². The van der Waals surface area contributed by atoms with Crippen molar-refractivity contribution in [1.29, 1.82) is 0 Å². The molecular weight excluding hydrogens is 294 g/mol. The van der Waals surface area contributed by atoms with E-state index >= 15 is 0 Å². The summed E-state index contributed by atoms with van der Waals surface area (Å²) >= 11 is 4.59. The van der Waals surface area contributed by atoms with Crippen molar-refractivity contribution < 1.29 is 4.55 Å². The van der Waals surface area contributed by atoms with Crippen LogP contribution in [0.4, 0.5) is 0 Å². The first-order valence-corrected chi connectivity index (χ1v) is 7.61. The SMILES string of the molecule is CC(C)(C)[S@@+]([O-])N=Cc1cnn(-c2ccc(Cl)cc2)c1. The molecule has 1 heterocycles. The molecule has 0 bridgehead atoms. The van der Waals surface area contributed by atoms with Crippen molar-refractivity contribution in [2.24, 2.45) is 4.40 Å². The Balaban J connectivity index is 2.13. The molecule has 0 radical (unpaired) electrons. The maximum atomic E-state index is 11.8. The van der Waals surface area contributed by atoms with Crippen LogP contribution in [-0.4, -0.2) is 25.3 Å². The molecule has 0 aliphatic rings. The van der Waals surface area contributed by atoms with E-state index in [1.165, 1.54) is 0 Å². The zero-order chi connectivity index (χ0) is 14.8. The summed E-state index contributed by atoms with van der Waals surface area (Å²) in [5.41, 5.74) is 1.71. The Morgan fingerprint density at radius 2 is 1.95 bits per heavy atom. The molecule has 1 atom stereocenters. The standard InChI is InChI=1S/C14H16ClN3OS/c1-14(2,3)20(19)17-9-11-8-16-18(10-11)13-6-4-12(15)5-7-13/h4-10H,1-3H3/t20-/m1/s1. The third-order valence-corrected chi connectivity index (χ3v) is 4.11. The third kappa shape index (κ3) is 3.85. The van der Waals surface area contributed by atoms with Crippen molar-refractivity contribution >= 4 is 29.2 Å². The van der Waals surface area contributed by atoms with Crippen molar-refractivity contribution in [3.8, 4) is 5.69 Å². The van der Waals surface area contributed by atoms with Crippen molar-refractivity contribution in [2.75, 3.05) is 0 Å². The van der Waals surface area contributed by atoms with Gasteiger partial charge in [-0.15, -0.1) is 0 Å². The van der Waals surface area contributed by atoms with Gasteiger partial charge in [0.15, 0.2) is 0 Å². The quantitative estimate of drug-likeness (QED) is 0.644. The maximum Gasteiger partial charge on any atom is 0.144 e. The van der Waals surface area contributed by atoms with Crippen molar-refractivity contribution in [3.63, 3.8) is 0 Å². The molecule has 0 N–H and O–H groups in total. The van der Waals surface area contributed by atoms with Gasteiger partial charge in [0.1, 0.15) is 16.1 Å². The topological polar surface area (TPSA) is 53.2 Å². The smallest absolute Gasteiger partial charge is 0.144 e. The molecule has 0 amide bonds. The molecule has 0 spiro atoms. The highest BCUT2D eigenvalue weighted by Crippen LogP contribution is 2.17. The highest BCUT2D eigenvalue weighted by atomic mass is 35.5. The average molecular weight is 310 g/mol. The first kappa shape index (κ1) is 15.1. The fourth-order valence-corrected chi connectivity index (χ4v) is 2.06. The highest BCUT2D eigenvalue weighted by Gasteiger charge is 2.25. The highest BCUT2D eigenvalue weighted by molar-refractivity contribution is 7.91. The average Bonchev–Trinajstić information content (AvgIpc) is 2.84. The number of benzene rings is 1. The van der Waals surface area contributed by atoms with Gasteiger partial charge in [0.2, 0.25) is 0 Å². The molecule has 106 valence electrons. The van der Waals surface area contributed by atoms with Gasteiger partial charge in [-0.3, -0.25) is 0 Å². The van der Waals surface area contributed by atoms with Crippen LogP contribution in [0.2, 0.25) is 5.02 Å². The summed E-state index contributed by atoms with van der Waals surface area (Å²) in [4.78, 5) is 0. The molecule has 1 aromatic heterocycles. The number of hydrogen-bond acceptors (Lipinski definition) is 3. The lowest BCUT2D eigenvalue weighted by Gasteiger charge is -2.17. The van der Waals surface area contributed by atoms with E-state index in [1.54, 1.807) is 29.2 Å². The Kier molecular flexibility index (Phi) is 4.52. The van der Waals surface area contributed by atoms with Crippen LogP contribution in [0.1, 0.15) is 26.3 Å². The molecule has 0 saturated heterocycles. The summed E-state index contributed by atoms with van der Waals surface area (Å²) in [7, 11) is 0.